The Morgan fingerprint density at radius 1 is 1.27 bits per heavy atom. The van der Waals surface area contributed by atoms with E-state index in [2.05, 4.69) is 52.8 Å². The highest BCUT2D eigenvalue weighted by atomic mass is 16.2. The lowest BCUT2D eigenvalue weighted by Crippen LogP contribution is -2.40. The number of carbonyl (C=O) groups is 1. The molecule has 1 unspecified atom stereocenters. The zero-order valence-corrected chi connectivity index (χ0v) is 16.4. The number of hydrogen-bond donors (Lipinski definition) is 2. The quantitative estimate of drug-likeness (QED) is 0.548. The first-order chi connectivity index (χ1) is 12.6. The van der Waals surface area contributed by atoms with E-state index in [-0.39, 0.29) is 5.91 Å². The predicted octanol–water partition coefficient (Wildman–Crippen LogP) is 1.68. The summed E-state index contributed by atoms with van der Waals surface area (Å²) in [5.41, 5.74) is 1.36. The van der Waals surface area contributed by atoms with E-state index in [0.717, 1.165) is 32.1 Å². The first kappa shape index (κ1) is 20.2. The van der Waals surface area contributed by atoms with Crippen molar-refractivity contribution in [2.24, 2.45) is 4.99 Å². The van der Waals surface area contributed by atoms with Crippen LogP contribution in [0.3, 0.4) is 0 Å². The fourth-order valence-electron chi connectivity index (χ4n) is 3.18. The van der Waals surface area contributed by atoms with Gasteiger partial charge in [-0.05, 0) is 31.9 Å². The normalized spacial score (nSPS) is 18.0. The molecule has 1 aliphatic rings. The van der Waals surface area contributed by atoms with Crippen molar-refractivity contribution in [3.63, 3.8) is 0 Å². The van der Waals surface area contributed by atoms with Crippen molar-refractivity contribution in [1.29, 1.82) is 0 Å². The molecular weight excluding hydrogens is 326 g/mol. The van der Waals surface area contributed by atoms with Gasteiger partial charge < -0.3 is 15.5 Å². The molecule has 1 saturated heterocycles. The zero-order chi connectivity index (χ0) is 18.8. The molecule has 2 N–H and O–H groups in total. The Labute approximate surface area is 157 Å². The summed E-state index contributed by atoms with van der Waals surface area (Å²) in [5, 5.41) is 6.54. The molecule has 1 aromatic rings. The molecule has 0 spiro atoms. The summed E-state index contributed by atoms with van der Waals surface area (Å²) in [6, 6.07) is 11.1. The number of aliphatic imine (C=N–C) groups is 1. The Morgan fingerprint density at radius 2 is 2.04 bits per heavy atom. The van der Waals surface area contributed by atoms with Gasteiger partial charge in [0.25, 0.3) is 0 Å². The van der Waals surface area contributed by atoms with Crippen molar-refractivity contribution >= 4 is 11.9 Å². The van der Waals surface area contributed by atoms with Gasteiger partial charge in [-0.1, -0.05) is 30.3 Å². The minimum absolute atomic E-state index is 0.123. The van der Waals surface area contributed by atoms with Crippen LogP contribution in [0.15, 0.2) is 35.3 Å². The van der Waals surface area contributed by atoms with E-state index in [4.69, 9.17) is 4.99 Å². The SMILES string of the molecule is CCNC(=NCC1CCCN1Cc1ccccc1)NCCC(=O)N(C)C. The Hall–Kier alpha value is -2.08. The van der Waals surface area contributed by atoms with Crippen LogP contribution < -0.4 is 10.6 Å². The van der Waals surface area contributed by atoms with Gasteiger partial charge in [0, 0.05) is 46.2 Å². The second-order valence-corrected chi connectivity index (χ2v) is 6.94. The number of benzene rings is 1. The highest BCUT2D eigenvalue weighted by Crippen LogP contribution is 2.20. The van der Waals surface area contributed by atoms with Crippen LogP contribution in [0.4, 0.5) is 0 Å². The van der Waals surface area contributed by atoms with E-state index in [9.17, 15) is 4.79 Å². The van der Waals surface area contributed by atoms with Crippen LogP contribution in [-0.4, -0.2) is 68.0 Å². The fourth-order valence-corrected chi connectivity index (χ4v) is 3.18. The molecule has 1 amide bonds. The lowest BCUT2D eigenvalue weighted by molar-refractivity contribution is -0.128. The molecule has 6 heteroatoms. The molecule has 26 heavy (non-hydrogen) atoms. The van der Waals surface area contributed by atoms with E-state index in [1.165, 1.54) is 18.4 Å². The van der Waals surface area contributed by atoms with Crippen LogP contribution in [0.25, 0.3) is 0 Å². The molecule has 0 saturated carbocycles. The number of guanidine groups is 1. The van der Waals surface area contributed by atoms with Gasteiger partial charge in [-0.25, -0.2) is 0 Å². The van der Waals surface area contributed by atoms with Crippen molar-refractivity contribution in [2.45, 2.75) is 38.8 Å². The van der Waals surface area contributed by atoms with Crippen molar-refractivity contribution in [1.82, 2.24) is 20.4 Å². The maximum atomic E-state index is 11.7. The monoisotopic (exact) mass is 359 g/mol. The molecule has 0 radical (unpaired) electrons. The topological polar surface area (TPSA) is 60.0 Å². The highest BCUT2D eigenvalue weighted by Gasteiger charge is 2.24. The average molecular weight is 360 g/mol. The Bertz CT molecular complexity index is 573. The summed E-state index contributed by atoms with van der Waals surface area (Å²) in [6.07, 6.45) is 2.89. The summed E-state index contributed by atoms with van der Waals surface area (Å²) < 4.78 is 0. The second-order valence-electron chi connectivity index (χ2n) is 6.94. The van der Waals surface area contributed by atoms with Gasteiger partial charge in [0.15, 0.2) is 5.96 Å². The Balaban J connectivity index is 1.85. The largest absolute Gasteiger partial charge is 0.357 e. The van der Waals surface area contributed by atoms with Gasteiger partial charge in [0.1, 0.15) is 0 Å². The van der Waals surface area contributed by atoms with Gasteiger partial charge in [0.2, 0.25) is 5.91 Å². The molecule has 0 aromatic heterocycles. The van der Waals surface area contributed by atoms with Gasteiger partial charge in [0.05, 0.1) is 6.54 Å². The molecular formula is C20H33N5O. The third-order valence-electron chi connectivity index (χ3n) is 4.66. The summed E-state index contributed by atoms with van der Waals surface area (Å²) in [5.74, 6) is 0.920. The number of nitrogens with one attached hydrogen (secondary N) is 2. The van der Waals surface area contributed by atoms with Crippen LogP contribution >= 0.6 is 0 Å². The molecule has 144 valence electrons. The summed E-state index contributed by atoms with van der Waals surface area (Å²) >= 11 is 0. The smallest absolute Gasteiger partial charge is 0.223 e. The standard InChI is InChI=1S/C20H33N5O/c1-4-21-20(22-13-12-19(26)24(2)3)23-15-18-11-8-14-25(18)16-17-9-6-5-7-10-17/h5-7,9-10,18H,4,8,11-16H2,1-3H3,(H2,21,22,23). The van der Waals surface area contributed by atoms with Crippen molar-refractivity contribution < 1.29 is 4.79 Å². The molecule has 0 bridgehead atoms. The van der Waals surface area contributed by atoms with E-state index in [1.807, 2.05) is 0 Å². The number of likely N-dealkylation sites (tertiary alicyclic amines) is 1. The molecule has 2 rings (SSSR count). The van der Waals surface area contributed by atoms with E-state index in [0.29, 0.717) is 19.0 Å². The van der Waals surface area contributed by atoms with Crippen LogP contribution in [0.2, 0.25) is 0 Å². The zero-order valence-electron chi connectivity index (χ0n) is 16.4. The van der Waals surface area contributed by atoms with Gasteiger partial charge >= 0.3 is 0 Å². The van der Waals surface area contributed by atoms with Gasteiger partial charge in [-0.15, -0.1) is 0 Å². The number of rotatable bonds is 8. The van der Waals surface area contributed by atoms with Crippen LogP contribution in [0, 0.1) is 0 Å². The first-order valence-corrected chi connectivity index (χ1v) is 9.60. The van der Waals surface area contributed by atoms with Crippen LogP contribution in [-0.2, 0) is 11.3 Å². The lowest BCUT2D eigenvalue weighted by Gasteiger charge is -2.23. The summed E-state index contributed by atoms with van der Waals surface area (Å²) in [7, 11) is 3.56. The van der Waals surface area contributed by atoms with E-state index < -0.39 is 0 Å². The van der Waals surface area contributed by atoms with Crippen molar-refractivity contribution in [3.8, 4) is 0 Å². The number of hydrogen-bond acceptors (Lipinski definition) is 3. The lowest BCUT2D eigenvalue weighted by atomic mass is 10.2. The van der Waals surface area contributed by atoms with Crippen molar-refractivity contribution in [2.75, 3.05) is 40.3 Å². The minimum atomic E-state index is 0.123. The highest BCUT2D eigenvalue weighted by molar-refractivity contribution is 5.81. The predicted molar refractivity (Wildman–Crippen MR) is 107 cm³/mol. The molecule has 6 nitrogen and oxygen atoms in total. The number of amides is 1. The molecule has 1 aromatic carbocycles. The average Bonchev–Trinajstić information content (AvgIpc) is 3.07. The van der Waals surface area contributed by atoms with Crippen LogP contribution in [0.5, 0.6) is 0 Å². The summed E-state index contributed by atoms with van der Waals surface area (Å²) in [6.45, 7) is 6.37. The maximum Gasteiger partial charge on any atom is 0.223 e. The third-order valence-corrected chi connectivity index (χ3v) is 4.66. The van der Waals surface area contributed by atoms with E-state index >= 15 is 0 Å². The molecule has 1 heterocycles. The van der Waals surface area contributed by atoms with E-state index in [1.54, 1.807) is 19.0 Å². The first-order valence-electron chi connectivity index (χ1n) is 9.60. The summed E-state index contributed by atoms with van der Waals surface area (Å²) in [4.78, 5) is 20.6. The maximum absolute atomic E-state index is 11.7. The van der Waals surface area contributed by atoms with Crippen LogP contribution in [0.1, 0.15) is 31.7 Å². The Kier molecular flexibility index (Phi) is 8.41. The third kappa shape index (κ3) is 6.67. The molecule has 1 fully saturated rings. The molecule has 1 atom stereocenters. The number of nitrogens with zero attached hydrogens (tertiary/aromatic N) is 3. The van der Waals surface area contributed by atoms with Gasteiger partial charge in [-0.3, -0.25) is 14.7 Å². The minimum Gasteiger partial charge on any atom is -0.357 e. The number of carbonyl (C=O) groups excluding carboxylic acids is 1. The fraction of sp³-hybridized carbons (Fsp3) is 0.600. The molecule has 1 aliphatic heterocycles. The second kappa shape index (κ2) is 10.8. The Morgan fingerprint density at radius 3 is 2.73 bits per heavy atom. The van der Waals surface area contributed by atoms with Gasteiger partial charge in [-0.2, -0.15) is 0 Å². The molecule has 0 aliphatic carbocycles. The van der Waals surface area contributed by atoms with Crippen molar-refractivity contribution in [3.05, 3.63) is 35.9 Å².